The van der Waals surface area contributed by atoms with Gasteiger partial charge in [0.2, 0.25) is 0 Å². The molecule has 7 heteroatoms. The van der Waals surface area contributed by atoms with Crippen LogP contribution in [0.25, 0.3) is 0 Å². The van der Waals surface area contributed by atoms with E-state index in [1.165, 1.54) is 6.07 Å². The summed E-state index contributed by atoms with van der Waals surface area (Å²) in [6.07, 6.45) is 2.04. The lowest BCUT2D eigenvalue weighted by Crippen LogP contribution is -2.30. The molecule has 2 amide bonds. The van der Waals surface area contributed by atoms with Gasteiger partial charge in [0.05, 0.1) is 17.1 Å². The zero-order valence-corrected chi connectivity index (χ0v) is 19.9. The van der Waals surface area contributed by atoms with Crippen molar-refractivity contribution >= 4 is 46.4 Å². The van der Waals surface area contributed by atoms with Gasteiger partial charge in [-0.2, -0.15) is 0 Å². The second kappa shape index (κ2) is 9.01. The minimum absolute atomic E-state index is 0.0963. The molecule has 0 radical (unpaired) electrons. The van der Waals surface area contributed by atoms with Gasteiger partial charge in [-0.05, 0) is 72.6 Å². The number of amides is 2. The van der Waals surface area contributed by atoms with Gasteiger partial charge in [-0.15, -0.1) is 0 Å². The molecular weight excluding hydrogens is 469 g/mol. The summed E-state index contributed by atoms with van der Waals surface area (Å²) in [6.45, 7) is 3.06. The third kappa shape index (κ3) is 4.20. The van der Waals surface area contributed by atoms with E-state index in [0.717, 1.165) is 29.1 Å². The predicted molar refractivity (Wildman–Crippen MR) is 136 cm³/mol. The van der Waals surface area contributed by atoms with E-state index in [-0.39, 0.29) is 17.4 Å². The largest absolute Gasteiger partial charge is 0.345 e. The summed E-state index contributed by atoms with van der Waals surface area (Å²) in [5.41, 5.74) is 5.27. The number of aromatic nitrogens is 1. The van der Waals surface area contributed by atoms with Gasteiger partial charge < -0.3 is 14.8 Å². The van der Waals surface area contributed by atoms with E-state index < -0.39 is 0 Å². The molecule has 0 saturated carbocycles. The van der Waals surface area contributed by atoms with Crippen molar-refractivity contribution in [2.45, 2.75) is 20.0 Å². The molecule has 0 saturated heterocycles. The summed E-state index contributed by atoms with van der Waals surface area (Å²) in [5.74, 6) is -0.460. The van der Waals surface area contributed by atoms with E-state index in [1.54, 1.807) is 30.3 Å². The molecule has 4 aromatic rings. The second-order valence-corrected chi connectivity index (χ2v) is 9.10. The fraction of sp³-hybridized carbons (Fsp3) is 0.111. The summed E-state index contributed by atoms with van der Waals surface area (Å²) in [4.78, 5) is 28.2. The van der Waals surface area contributed by atoms with Gasteiger partial charge >= 0.3 is 0 Å². The van der Waals surface area contributed by atoms with Gasteiger partial charge in [-0.3, -0.25) is 9.59 Å². The van der Waals surface area contributed by atoms with Crippen molar-refractivity contribution in [1.29, 1.82) is 0 Å². The van der Waals surface area contributed by atoms with Crippen LogP contribution in [0.2, 0.25) is 10.0 Å². The number of hydrogen-bond acceptors (Lipinski definition) is 2. The van der Waals surface area contributed by atoms with Gasteiger partial charge in [0, 0.05) is 40.4 Å². The van der Waals surface area contributed by atoms with Gasteiger partial charge in [0.15, 0.2) is 0 Å². The molecule has 0 unspecified atom stereocenters. The number of hydrogen-bond donors (Lipinski definition) is 1. The maximum absolute atomic E-state index is 13.6. The van der Waals surface area contributed by atoms with Crippen LogP contribution in [0.5, 0.6) is 0 Å². The summed E-state index contributed by atoms with van der Waals surface area (Å²) in [5, 5.41) is 3.61. The standard InChI is InChI=1S/C27H21Cl2N3O2/c1-17-13-18(8-11-24(17)30-26(33)22-14-20(28)9-10-23(22)29)27(34)32-16-21-6-4-12-31(21)15-19-5-2-3-7-25(19)32/h2-14H,15-16H2,1H3,(H,30,33). The van der Waals surface area contributed by atoms with E-state index >= 15 is 0 Å². The molecular formula is C27H21Cl2N3O2. The van der Waals surface area contributed by atoms with Crippen LogP contribution in [0.15, 0.2) is 79.0 Å². The zero-order chi connectivity index (χ0) is 23.8. The molecule has 1 aliphatic heterocycles. The van der Waals surface area contributed by atoms with Gasteiger partial charge in [0.1, 0.15) is 0 Å². The minimum Gasteiger partial charge on any atom is -0.345 e. The number of halogens is 2. The number of benzene rings is 3. The number of anilines is 2. The SMILES string of the molecule is Cc1cc(C(=O)N2Cc3cccn3Cc3ccccc32)ccc1NC(=O)c1cc(Cl)ccc1Cl. The lowest BCUT2D eigenvalue weighted by atomic mass is 10.1. The second-order valence-electron chi connectivity index (χ2n) is 8.26. The lowest BCUT2D eigenvalue weighted by molar-refractivity contribution is 0.0983. The van der Waals surface area contributed by atoms with Crippen LogP contribution < -0.4 is 10.2 Å². The first kappa shape index (κ1) is 22.3. The molecule has 2 heterocycles. The highest BCUT2D eigenvalue weighted by atomic mass is 35.5. The van der Waals surface area contributed by atoms with Crippen molar-refractivity contribution in [2.75, 3.05) is 10.2 Å². The van der Waals surface area contributed by atoms with E-state index in [2.05, 4.69) is 16.0 Å². The van der Waals surface area contributed by atoms with Crippen LogP contribution in [0.1, 0.15) is 37.5 Å². The topological polar surface area (TPSA) is 54.3 Å². The van der Waals surface area contributed by atoms with Crippen LogP contribution in [0.4, 0.5) is 11.4 Å². The molecule has 34 heavy (non-hydrogen) atoms. The van der Waals surface area contributed by atoms with Crippen LogP contribution in [-0.4, -0.2) is 16.4 Å². The Balaban J connectivity index is 1.43. The lowest BCUT2D eigenvalue weighted by Gasteiger charge is -2.23. The zero-order valence-electron chi connectivity index (χ0n) is 18.4. The summed E-state index contributed by atoms with van der Waals surface area (Å²) in [6, 6.07) is 22.0. The van der Waals surface area contributed by atoms with E-state index in [4.69, 9.17) is 23.2 Å². The van der Waals surface area contributed by atoms with Crippen LogP contribution in [0.3, 0.4) is 0 Å². The van der Waals surface area contributed by atoms with Gasteiger partial charge in [0.25, 0.3) is 11.8 Å². The summed E-state index contributed by atoms with van der Waals surface area (Å²) >= 11 is 12.2. The molecule has 0 bridgehead atoms. The Morgan fingerprint density at radius 1 is 0.912 bits per heavy atom. The molecule has 5 nitrogen and oxygen atoms in total. The molecule has 0 spiro atoms. The Bertz CT molecular complexity index is 1430. The first-order valence-corrected chi connectivity index (χ1v) is 11.6. The number of carbonyl (C=O) groups excluding carboxylic acids is 2. The molecule has 0 aliphatic carbocycles. The quantitative estimate of drug-likeness (QED) is 0.354. The summed E-state index contributed by atoms with van der Waals surface area (Å²) in [7, 11) is 0. The van der Waals surface area contributed by atoms with E-state index in [0.29, 0.717) is 27.8 Å². The van der Waals surface area contributed by atoms with Crippen molar-refractivity contribution in [2.24, 2.45) is 0 Å². The first-order valence-electron chi connectivity index (χ1n) is 10.8. The highest BCUT2D eigenvalue weighted by Gasteiger charge is 2.25. The van der Waals surface area contributed by atoms with Crippen molar-refractivity contribution in [3.63, 3.8) is 0 Å². The smallest absolute Gasteiger partial charge is 0.258 e. The maximum atomic E-state index is 13.6. The van der Waals surface area contributed by atoms with Crippen LogP contribution in [0, 0.1) is 6.92 Å². The molecule has 0 atom stereocenters. The van der Waals surface area contributed by atoms with Crippen molar-refractivity contribution in [3.05, 3.63) is 117 Å². The predicted octanol–water partition coefficient (Wildman–Crippen LogP) is 6.56. The Kier molecular flexibility index (Phi) is 5.90. The molecule has 0 fully saturated rings. The van der Waals surface area contributed by atoms with Gasteiger partial charge in [-0.1, -0.05) is 41.4 Å². The molecule has 1 N–H and O–H groups in total. The average Bonchev–Trinajstić information content (AvgIpc) is 3.20. The van der Waals surface area contributed by atoms with Crippen molar-refractivity contribution in [1.82, 2.24) is 4.57 Å². The first-order chi connectivity index (χ1) is 16.4. The molecule has 5 rings (SSSR count). The highest BCUT2D eigenvalue weighted by Crippen LogP contribution is 2.30. The Morgan fingerprint density at radius 3 is 2.56 bits per heavy atom. The number of fused-ring (bicyclic) bond motifs is 2. The Hall–Kier alpha value is -3.54. The minimum atomic E-state index is -0.364. The van der Waals surface area contributed by atoms with Crippen LogP contribution >= 0.6 is 23.2 Å². The molecule has 1 aromatic heterocycles. The van der Waals surface area contributed by atoms with Gasteiger partial charge in [-0.25, -0.2) is 0 Å². The number of aryl methyl sites for hydroxylation is 1. The number of nitrogens with zero attached hydrogens (tertiary/aromatic N) is 2. The summed E-state index contributed by atoms with van der Waals surface area (Å²) < 4.78 is 2.16. The van der Waals surface area contributed by atoms with Crippen molar-refractivity contribution < 1.29 is 9.59 Å². The number of carbonyl (C=O) groups is 2. The van der Waals surface area contributed by atoms with E-state index in [9.17, 15) is 9.59 Å². The number of rotatable bonds is 3. The third-order valence-electron chi connectivity index (χ3n) is 6.01. The Morgan fingerprint density at radius 2 is 1.74 bits per heavy atom. The average molecular weight is 490 g/mol. The maximum Gasteiger partial charge on any atom is 0.258 e. The fourth-order valence-corrected chi connectivity index (χ4v) is 4.60. The Labute approximate surface area is 207 Å². The number of para-hydroxylation sites is 1. The highest BCUT2D eigenvalue weighted by molar-refractivity contribution is 6.36. The number of nitrogens with one attached hydrogen (secondary N) is 1. The van der Waals surface area contributed by atoms with Crippen molar-refractivity contribution in [3.8, 4) is 0 Å². The molecule has 170 valence electrons. The normalized spacial score (nSPS) is 12.5. The third-order valence-corrected chi connectivity index (χ3v) is 6.57. The molecule has 1 aliphatic rings. The fourth-order valence-electron chi connectivity index (χ4n) is 4.22. The van der Waals surface area contributed by atoms with E-state index in [1.807, 2.05) is 48.4 Å². The molecule has 3 aromatic carbocycles. The monoisotopic (exact) mass is 489 g/mol. The van der Waals surface area contributed by atoms with Crippen LogP contribution in [-0.2, 0) is 13.1 Å².